The first-order valence-electron chi connectivity index (χ1n) is 18.8. The molecule has 5 amide bonds. The molecule has 0 spiro atoms. The second-order valence-electron chi connectivity index (χ2n) is 13.7. The number of nitrogens with zero attached hydrogens (tertiary/aromatic N) is 1. The van der Waals surface area contributed by atoms with Crippen molar-refractivity contribution in [3.05, 3.63) is 35.9 Å². The van der Waals surface area contributed by atoms with Crippen LogP contribution >= 0.6 is 0 Å². The van der Waals surface area contributed by atoms with Crippen molar-refractivity contribution in [2.75, 3.05) is 33.4 Å². The molecule has 1 aliphatic heterocycles. The third-order valence-corrected chi connectivity index (χ3v) is 8.89. The van der Waals surface area contributed by atoms with Crippen molar-refractivity contribution in [2.24, 2.45) is 11.8 Å². The van der Waals surface area contributed by atoms with E-state index in [1.54, 1.807) is 13.8 Å². The lowest BCUT2D eigenvalue weighted by atomic mass is 10.00. The number of unbranched alkanes of at least 4 members (excludes halogenated alkanes) is 1. The highest BCUT2D eigenvalue weighted by Crippen LogP contribution is 2.22. The quantitative estimate of drug-likeness (QED) is 0.0735. The number of hydrogen-bond acceptors (Lipinski definition) is 10. The molecule has 0 saturated carbocycles. The molecule has 1 heterocycles. The summed E-state index contributed by atoms with van der Waals surface area (Å²) in [5.74, 6) is -2.74. The Balaban J connectivity index is 2.09. The van der Waals surface area contributed by atoms with E-state index in [1.807, 2.05) is 58.0 Å². The van der Waals surface area contributed by atoms with Gasteiger partial charge in [-0.05, 0) is 63.4 Å². The normalized spacial score (nSPS) is 15.8. The fourth-order valence-corrected chi connectivity index (χ4v) is 5.93. The van der Waals surface area contributed by atoms with E-state index in [4.69, 9.17) is 14.2 Å². The number of benzene rings is 1. The van der Waals surface area contributed by atoms with Crippen LogP contribution < -0.4 is 21.3 Å². The summed E-state index contributed by atoms with van der Waals surface area (Å²) in [5, 5.41) is 11.3. The van der Waals surface area contributed by atoms with Gasteiger partial charge in [0.1, 0.15) is 24.7 Å². The van der Waals surface area contributed by atoms with Gasteiger partial charge in [-0.3, -0.25) is 24.0 Å². The summed E-state index contributed by atoms with van der Waals surface area (Å²) in [6.07, 6.45) is 0.610. The van der Waals surface area contributed by atoms with E-state index in [1.165, 1.54) is 12.0 Å². The molecule has 4 atom stereocenters. The number of rotatable bonds is 23. The molecule has 0 aromatic heterocycles. The van der Waals surface area contributed by atoms with Gasteiger partial charge in [-0.1, -0.05) is 58.0 Å². The zero-order valence-corrected chi connectivity index (χ0v) is 32.4. The summed E-state index contributed by atoms with van der Waals surface area (Å²) in [5.41, 5.74) is 0.856. The molecule has 1 aliphatic rings. The standard InChI is InChI=1S/C38H61N5O10/c1-8-51-37(52-9-2)33(26(5)6)42-35(47)29-19-15-23-43(29)36(48)32(25(3)4)41-34(46)28(40-30(44)20-21-31(45)50-7)18-13-14-22-39-38(49)53-24-27-16-11-10-12-17-27/h10-12,16-17,25-26,28-29,32-33,37H,8-9,13-15,18-24H2,1-7H3,(H,39,49)(H,40,44)(H,41,46)(H,42,47)/t28-,29-,32-,33-/m0/s1. The van der Waals surface area contributed by atoms with Crippen LogP contribution in [0.1, 0.15) is 92.1 Å². The Morgan fingerprint density at radius 1 is 0.868 bits per heavy atom. The average Bonchev–Trinajstić information content (AvgIpc) is 3.63. The Morgan fingerprint density at radius 2 is 1.55 bits per heavy atom. The number of esters is 1. The molecule has 1 fully saturated rings. The minimum absolute atomic E-state index is 0.0145. The summed E-state index contributed by atoms with van der Waals surface area (Å²) in [6.45, 7) is 12.8. The van der Waals surface area contributed by atoms with Crippen LogP contribution in [0.15, 0.2) is 30.3 Å². The molecule has 0 bridgehead atoms. The van der Waals surface area contributed by atoms with Crippen molar-refractivity contribution in [3.8, 4) is 0 Å². The zero-order valence-electron chi connectivity index (χ0n) is 32.4. The fourth-order valence-electron chi connectivity index (χ4n) is 5.93. The number of ether oxygens (including phenoxy) is 4. The maximum atomic E-state index is 14.0. The lowest BCUT2D eigenvalue weighted by Gasteiger charge is -2.34. The molecule has 0 aliphatic carbocycles. The average molecular weight is 748 g/mol. The molecule has 53 heavy (non-hydrogen) atoms. The van der Waals surface area contributed by atoms with E-state index in [0.29, 0.717) is 45.4 Å². The molecule has 15 heteroatoms. The van der Waals surface area contributed by atoms with Gasteiger partial charge >= 0.3 is 12.1 Å². The first-order valence-corrected chi connectivity index (χ1v) is 18.8. The largest absolute Gasteiger partial charge is 0.469 e. The summed E-state index contributed by atoms with van der Waals surface area (Å²) in [6, 6.07) is 6.07. The molecule has 15 nitrogen and oxygen atoms in total. The van der Waals surface area contributed by atoms with Crippen LogP contribution in [0.4, 0.5) is 4.79 Å². The molecule has 4 N–H and O–H groups in total. The molecular formula is C38H61N5O10. The van der Waals surface area contributed by atoms with Crippen LogP contribution in [-0.4, -0.2) is 104 Å². The smallest absolute Gasteiger partial charge is 0.407 e. The lowest BCUT2D eigenvalue weighted by molar-refractivity contribution is -0.166. The van der Waals surface area contributed by atoms with Gasteiger partial charge in [-0.25, -0.2) is 4.79 Å². The number of methoxy groups -OCH3 is 1. The summed E-state index contributed by atoms with van der Waals surface area (Å²) >= 11 is 0. The fraction of sp³-hybridized carbons (Fsp3) is 0.684. The predicted octanol–water partition coefficient (Wildman–Crippen LogP) is 3.19. The Labute approximate surface area is 313 Å². The summed E-state index contributed by atoms with van der Waals surface area (Å²) < 4.78 is 21.4. The molecule has 0 unspecified atom stereocenters. The Bertz CT molecular complexity index is 1310. The number of carbonyl (C=O) groups excluding carboxylic acids is 6. The van der Waals surface area contributed by atoms with Gasteiger partial charge in [0, 0.05) is 32.7 Å². The van der Waals surface area contributed by atoms with Crippen molar-refractivity contribution >= 4 is 35.7 Å². The number of nitrogens with one attached hydrogen (secondary N) is 4. The van der Waals surface area contributed by atoms with Crippen molar-refractivity contribution < 1.29 is 47.7 Å². The van der Waals surface area contributed by atoms with Crippen LogP contribution in [0.2, 0.25) is 0 Å². The zero-order chi connectivity index (χ0) is 39.3. The summed E-state index contributed by atoms with van der Waals surface area (Å²) in [4.78, 5) is 79.5. The molecule has 1 aromatic carbocycles. The molecule has 1 aromatic rings. The third-order valence-electron chi connectivity index (χ3n) is 8.89. The SMILES string of the molecule is CCOC(OCC)[C@@H](NC(=O)[C@@H]1CCCN1C(=O)[C@@H](NC(=O)[C@H](CCCCNC(=O)OCc1ccccc1)NC(=O)CCC(=O)OC)C(C)C)C(C)C. The van der Waals surface area contributed by atoms with E-state index in [0.717, 1.165) is 5.56 Å². The van der Waals surface area contributed by atoms with E-state index < -0.39 is 60.2 Å². The predicted molar refractivity (Wildman–Crippen MR) is 197 cm³/mol. The minimum Gasteiger partial charge on any atom is -0.469 e. The van der Waals surface area contributed by atoms with Gasteiger partial charge in [-0.15, -0.1) is 0 Å². The molecular weight excluding hydrogens is 686 g/mol. The van der Waals surface area contributed by atoms with Gasteiger partial charge in [0.05, 0.1) is 19.6 Å². The van der Waals surface area contributed by atoms with Crippen molar-refractivity contribution in [1.82, 2.24) is 26.2 Å². The minimum atomic E-state index is -1.03. The van der Waals surface area contributed by atoms with Crippen LogP contribution in [0.3, 0.4) is 0 Å². The topological polar surface area (TPSA) is 191 Å². The molecule has 0 radical (unpaired) electrons. The van der Waals surface area contributed by atoms with Gasteiger partial charge in [0.15, 0.2) is 6.29 Å². The Hall–Kier alpha value is -4.24. The highest BCUT2D eigenvalue weighted by Gasteiger charge is 2.41. The van der Waals surface area contributed by atoms with Gasteiger partial charge < -0.3 is 45.1 Å². The van der Waals surface area contributed by atoms with Gasteiger partial charge in [0.2, 0.25) is 23.6 Å². The molecule has 1 saturated heterocycles. The Morgan fingerprint density at radius 3 is 2.15 bits per heavy atom. The molecule has 298 valence electrons. The maximum absolute atomic E-state index is 14.0. The first kappa shape index (κ1) is 44.9. The molecule has 2 rings (SSSR count). The van der Waals surface area contributed by atoms with Gasteiger partial charge in [0.25, 0.3) is 0 Å². The van der Waals surface area contributed by atoms with Crippen LogP contribution in [0, 0.1) is 11.8 Å². The second kappa shape index (κ2) is 24.1. The highest BCUT2D eigenvalue weighted by atomic mass is 16.7. The maximum Gasteiger partial charge on any atom is 0.407 e. The monoisotopic (exact) mass is 747 g/mol. The van der Waals surface area contributed by atoms with E-state index in [-0.39, 0.29) is 50.2 Å². The number of carbonyl (C=O) groups is 6. The van der Waals surface area contributed by atoms with E-state index >= 15 is 0 Å². The van der Waals surface area contributed by atoms with Crippen molar-refractivity contribution in [1.29, 1.82) is 0 Å². The number of likely N-dealkylation sites (tertiary alicyclic amines) is 1. The highest BCUT2D eigenvalue weighted by molar-refractivity contribution is 5.95. The second-order valence-corrected chi connectivity index (χ2v) is 13.7. The first-order chi connectivity index (χ1) is 25.3. The number of alkyl carbamates (subject to hydrolysis) is 1. The summed E-state index contributed by atoms with van der Waals surface area (Å²) in [7, 11) is 1.22. The van der Waals surface area contributed by atoms with Crippen LogP contribution in [0.25, 0.3) is 0 Å². The lowest BCUT2D eigenvalue weighted by Crippen LogP contribution is -2.59. The van der Waals surface area contributed by atoms with Crippen molar-refractivity contribution in [2.45, 2.75) is 124 Å². The van der Waals surface area contributed by atoms with Crippen LogP contribution in [-0.2, 0) is 49.5 Å². The number of amides is 5. The van der Waals surface area contributed by atoms with E-state index in [2.05, 4.69) is 26.0 Å². The van der Waals surface area contributed by atoms with Gasteiger partial charge in [-0.2, -0.15) is 0 Å². The van der Waals surface area contributed by atoms with Crippen LogP contribution in [0.5, 0.6) is 0 Å². The van der Waals surface area contributed by atoms with Crippen molar-refractivity contribution in [3.63, 3.8) is 0 Å². The third kappa shape index (κ3) is 15.7. The number of hydrogen-bond donors (Lipinski definition) is 4. The van der Waals surface area contributed by atoms with E-state index in [9.17, 15) is 28.8 Å². The Kier molecular flexibility index (Phi) is 20.5.